The summed E-state index contributed by atoms with van der Waals surface area (Å²) in [6, 6.07) is -0.249. The van der Waals surface area contributed by atoms with Gasteiger partial charge in [0, 0.05) is 14.2 Å². The summed E-state index contributed by atoms with van der Waals surface area (Å²) in [7, 11) is 3.36. The highest BCUT2D eigenvalue weighted by atomic mass is 79.9. The van der Waals surface area contributed by atoms with Gasteiger partial charge >= 0.3 is 0 Å². The Balaban J connectivity index is 3.03. The van der Waals surface area contributed by atoms with Gasteiger partial charge in [0.1, 0.15) is 0 Å². The van der Waals surface area contributed by atoms with E-state index in [1.165, 1.54) is 0 Å². The third-order valence-electron chi connectivity index (χ3n) is 3.46. The van der Waals surface area contributed by atoms with E-state index in [9.17, 15) is 0 Å². The van der Waals surface area contributed by atoms with Crippen molar-refractivity contribution in [1.82, 2.24) is 9.78 Å². The van der Waals surface area contributed by atoms with Crippen LogP contribution in [0.5, 0.6) is 0 Å². The first-order valence-electron chi connectivity index (χ1n) is 6.01. The first-order chi connectivity index (χ1) is 8.50. The third-order valence-corrected chi connectivity index (χ3v) is 4.07. The van der Waals surface area contributed by atoms with Crippen molar-refractivity contribution < 1.29 is 9.47 Å². The highest BCUT2D eigenvalue weighted by molar-refractivity contribution is 9.10. The molecule has 2 N–H and O–H groups in total. The van der Waals surface area contributed by atoms with Crippen LogP contribution in [0, 0.1) is 0 Å². The van der Waals surface area contributed by atoms with E-state index in [0.29, 0.717) is 13.2 Å². The zero-order valence-electron chi connectivity index (χ0n) is 11.4. The normalized spacial score (nSPS) is 16.6. The summed E-state index contributed by atoms with van der Waals surface area (Å²) in [4.78, 5) is 0. The van der Waals surface area contributed by atoms with Gasteiger partial charge in [-0.05, 0) is 29.3 Å². The van der Waals surface area contributed by atoms with Crippen molar-refractivity contribution in [3.8, 4) is 0 Å². The highest BCUT2D eigenvalue weighted by Gasteiger charge is 2.34. The van der Waals surface area contributed by atoms with Crippen molar-refractivity contribution in [3.63, 3.8) is 0 Å². The van der Waals surface area contributed by atoms with E-state index in [4.69, 9.17) is 15.2 Å². The average molecular weight is 320 g/mol. The summed E-state index contributed by atoms with van der Waals surface area (Å²) in [6.45, 7) is 5.35. The second kappa shape index (κ2) is 6.65. The zero-order chi connectivity index (χ0) is 13.8. The van der Waals surface area contributed by atoms with Crippen LogP contribution in [-0.2, 0) is 16.0 Å². The van der Waals surface area contributed by atoms with Gasteiger partial charge in [0.2, 0.25) is 0 Å². The van der Waals surface area contributed by atoms with E-state index in [2.05, 4.69) is 28.0 Å². The number of methoxy groups -OCH3 is 2. The first kappa shape index (κ1) is 15.6. The van der Waals surface area contributed by atoms with Crippen LogP contribution in [0.15, 0.2) is 10.7 Å². The largest absolute Gasteiger partial charge is 0.383 e. The number of rotatable bonds is 7. The predicted molar refractivity (Wildman–Crippen MR) is 74.4 cm³/mol. The Kier molecular flexibility index (Phi) is 5.78. The predicted octanol–water partition coefficient (Wildman–Crippen LogP) is 2.11. The van der Waals surface area contributed by atoms with Crippen LogP contribution in [-0.4, -0.2) is 36.2 Å². The summed E-state index contributed by atoms with van der Waals surface area (Å²) in [5.41, 5.74) is 6.89. The SMILES string of the molecule is CCC(C)(OC)C(N)c1c(Br)cnn1CCOC. The smallest absolute Gasteiger partial charge is 0.0855 e. The minimum atomic E-state index is -0.409. The Labute approximate surface area is 117 Å². The molecule has 0 amide bonds. The lowest BCUT2D eigenvalue weighted by molar-refractivity contribution is -0.0219. The van der Waals surface area contributed by atoms with Crippen molar-refractivity contribution in [2.75, 3.05) is 20.8 Å². The maximum atomic E-state index is 6.36. The molecule has 0 saturated heterocycles. The molecule has 0 aliphatic heterocycles. The van der Waals surface area contributed by atoms with E-state index in [-0.39, 0.29) is 6.04 Å². The Hall–Kier alpha value is -0.430. The van der Waals surface area contributed by atoms with Gasteiger partial charge in [-0.25, -0.2) is 0 Å². The van der Waals surface area contributed by atoms with E-state index in [1.54, 1.807) is 20.4 Å². The number of hydrogen-bond acceptors (Lipinski definition) is 4. The summed E-state index contributed by atoms with van der Waals surface area (Å²) in [5, 5.41) is 4.31. The molecule has 0 saturated carbocycles. The molecule has 1 rings (SSSR count). The Morgan fingerprint density at radius 3 is 2.72 bits per heavy atom. The minimum Gasteiger partial charge on any atom is -0.383 e. The fraction of sp³-hybridized carbons (Fsp3) is 0.750. The maximum Gasteiger partial charge on any atom is 0.0855 e. The van der Waals surface area contributed by atoms with Gasteiger partial charge in [-0.15, -0.1) is 0 Å². The lowest BCUT2D eigenvalue weighted by atomic mass is 9.91. The molecule has 104 valence electrons. The molecule has 0 aliphatic rings. The van der Waals surface area contributed by atoms with Crippen molar-refractivity contribution in [1.29, 1.82) is 0 Å². The molecule has 0 bridgehead atoms. The second-order valence-corrected chi connectivity index (χ2v) is 5.30. The van der Waals surface area contributed by atoms with Gasteiger partial charge in [0.05, 0.1) is 41.2 Å². The zero-order valence-corrected chi connectivity index (χ0v) is 13.0. The molecule has 1 heterocycles. The maximum absolute atomic E-state index is 6.36. The molecule has 1 aromatic heterocycles. The molecule has 2 unspecified atom stereocenters. The van der Waals surface area contributed by atoms with Gasteiger partial charge in [-0.1, -0.05) is 6.92 Å². The van der Waals surface area contributed by atoms with Crippen LogP contribution < -0.4 is 5.73 Å². The number of nitrogens with zero attached hydrogens (tertiary/aromatic N) is 2. The van der Waals surface area contributed by atoms with Crippen molar-refractivity contribution in [3.05, 3.63) is 16.4 Å². The fourth-order valence-electron chi connectivity index (χ4n) is 1.82. The van der Waals surface area contributed by atoms with Crippen LogP contribution in [0.4, 0.5) is 0 Å². The van der Waals surface area contributed by atoms with Gasteiger partial charge in [-0.3, -0.25) is 4.68 Å². The van der Waals surface area contributed by atoms with Crippen LogP contribution >= 0.6 is 15.9 Å². The molecular weight excluding hydrogens is 298 g/mol. The molecule has 0 fully saturated rings. The number of nitrogens with two attached hydrogens (primary N) is 1. The summed E-state index contributed by atoms with van der Waals surface area (Å²) >= 11 is 3.50. The van der Waals surface area contributed by atoms with E-state index in [0.717, 1.165) is 16.6 Å². The van der Waals surface area contributed by atoms with Gasteiger partial charge in [0.25, 0.3) is 0 Å². The van der Waals surface area contributed by atoms with Crippen LogP contribution in [0.2, 0.25) is 0 Å². The molecule has 0 aliphatic carbocycles. The lowest BCUT2D eigenvalue weighted by Crippen LogP contribution is -2.41. The second-order valence-electron chi connectivity index (χ2n) is 4.44. The minimum absolute atomic E-state index is 0.249. The fourth-order valence-corrected chi connectivity index (χ4v) is 2.36. The number of ether oxygens (including phenoxy) is 2. The number of halogens is 1. The summed E-state index contributed by atoms with van der Waals surface area (Å²) < 4.78 is 13.4. The summed E-state index contributed by atoms with van der Waals surface area (Å²) in [5.74, 6) is 0. The monoisotopic (exact) mass is 319 g/mol. The molecule has 18 heavy (non-hydrogen) atoms. The van der Waals surface area contributed by atoms with Crippen molar-refractivity contribution >= 4 is 15.9 Å². The molecule has 6 heteroatoms. The highest BCUT2D eigenvalue weighted by Crippen LogP contribution is 2.33. The Bertz CT molecular complexity index is 377. The average Bonchev–Trinajstić information content (AvgIpc) is 2.75. The lowest BCUT2D eigenvalue weighted by Gasteiger charge is -2.33. The van der Waals surface area contributed by atoms with E-state index < -0.39 is 5.60 Å². The van der Waals surface area contributed by atoms with Crippen LogP contribution in [0.25, 0.3) is 0 Å². The summed E-state index contributed by atoms with van der Waals surface area (Å²) in [6.07, 6.45) is 2.59. The van der Waals surface area contributed by atoms with Gasteiger partial charge < -0.3 is 15.2 Å². The number of hydrogen-bond donors (Lipinski definition) is 1. The van der Waals surface area contributed by atoms with Gasteiger partial charge in [-0.2, -0.15) is 5.10 Å². The van der Waals surface area contributed by atoms with Crippen molar-refractivity contribution in [2.45, 2.75) is 38.5 Å². The van der Waals surface area contributed by atoms with E-state index >= 15 is 0 Å². The van der Waals surface area contributed by atoms with Gasteiger partial charge in [0.15, 0.2) is 0 Å². The Morgan fingerprint density at radius 1 is 1.56 bits per heavy atom. The Morgan fingerprint density at radius 2 is 2.22 bits per heavy atom. The molecule has 0 radical (unpaired) electrons. The first-order valence-corrected chi connectivity index (χ1v) is 6.80. The molecule has 0 aromatic carbocycles. The van der Waals surface area contributed by atoms with Crippen LogP contribution in [0.1, 0.15) is 32.0 Å². The third kappa shape index (κ3) is 3.12. The van der Waals surface area contributed by atoms with Crippen LogP contribution in [0.3, 0.4) is 0 Å². The molecular formula is C12H22BrN3O2. The topological polar surface area (TPSA) is 62.3 Å². The molecule has 2 atom stereocenters. The standard InChI is InChI=1S/C12H22BrN3O2/c1-5-12(2,18-4)11(14)10-9(13)8-15-16(10)6-7-17-3/h8,11H,5-7,14H2,1-4H3. The quantitative estimate of drug-likeness (QED) is 0.836. The molecule has 1 aromatic rings. The number of aromatic nitrogens is 2. The molecule has 5 nitrogen and oxygen atoms in total. The van der Waals surface area contributed by atoms with E-state index in [1.807, 2.05) is 11.6 Å². The molecule has 0 spiro atoms. The van der Waals surface area contributed by atoms with Crippen molar-refractivity contribution in [2.24, 2.45) is 5.73 Å².